The van der Waals surface area contributed by atoms with Crippen molar-refractivity contribution in [2.45, 2.75) is 50.5 Å². The van der Waals surface area contributed by atoms with Crippen LogP contribution in [0, 0.1) is 17.7 Å². The Morgan fingerprint density at radius 2 is 1.85 bits per heavy atom. The van der Waals surface area contributed by atoms with Crippen molar-refractivity contribution in [1.29, 1.82) is 0 Å². The Morgan fingerprint density at radius 1 is 1.12 bits per heavy atom. The third-order valence-corrected chi connectivity index (χ3v) is 7.53. The number of methoxy groups -OCH3 is 1. The predicted octanol–water partition coefficient (Wildman–Crippen LogP) is 2.89. The van der Waals surface area contributed by atoms with Crippen LogP contribution in [-0.4, -0.2) is 65.7 Å². The van der Waals surface area contributed by atoms with Crippen LogP contribution in [0.15, 0.2) is 66.9 Å². The highest BCUT2D eigenvalue weighted by Gasteiger charge is 2.34. The number of hydrogen-bond donors (Lipinski definition) is 4. The fraction of sp³-hybridized carbons (Fsp3) is 0.419. The number of hydrogen-bond acceptors (Lipinski definition) is 7. The first-order valence-electron chi connectivity index (χ1n) is 13.6. The average Bonchev–Trinajstić information content (AvgIpc) is 2.96. The summed E-state index contributed by atoms with van der Waals surface area (Å²) in [7, 11) is 1.57. The number of nitrogens with two attached hydrogens (primary N) is 1. The first kappa shape index (κ1) is 29.6. The molecule has 9 heteroatoms. The smallest absolute Gasteiger partial charge is 0.223 e. The van der Waals surface area contributed by atoms with Crippen LogP contribution in [0.5, 0.6) is 5.88 Å². The molecule has 6 atom stereocenters. The maximum absolute atomic E-state index is 14.5. The molecule has 4 rings (SSSR count). The fourth-order valence-corrected chi connectivity index (χ4v) is 5.07. The van der Waals surface area contributed by atoms with Crippen LogP contribution < -0.4 is 15.8 Å². The van der Waals surface area contributed by atoms with Gasteiger partial charge in [-0.05, 0) is 48.1 Å². The predicted molar refractivity (Wildman–Crippen MR) is 150 cm³/mol. The van der Waals surface area contributed by atoms with E-state index >= 15 is 0 Å². The van der Waals surface area contributed by atoms with Crippen LogP contribution in [0.1, 0.15) is 24.5 Å². The molecule has 0 spiro atoms. The molecule has 8 nitrogen and oxygen atoms in total. The van der Waals surface area contributed by atoms with Crippen LogP contribution in [0.3, 0.4) is 0 Å². The van der Waals surface area contributed by atoms with Crippen molar-refractivity contribution in [1.82, 2.24) is 10.3 Å². The third-order valence-electron chi connectivity index (χ3n) is 7.53. The molecule has 2 heterocycles. The minimum absolute atomic E-state index is 0.0463. The van der Waals surface area contributed by atoms with E-state index in [1.165, 1.54) is 6.07 Å². The molecule has 0 saturated carbocycles. The lowest BCUT2D eigenvalue weighted by Crippen LogP contribution is -2.55. The molecule has 1 aliphatic rings. The van der Waals surface area contributed by atoms with Crippen molar-refractivity contribution in [3.8, 4) is 17.0 Å². The van der Waals surface area contributed by atoms with E-state index in [9.17, 15) is 19.4 Å². The first-order valence-corrected chi connectivity index (χ1v) is 13.6. The molecule has 214 valence electrons. The first-order chi connectivity index (χ1) is 19.2. The van der Waals surface area contributed by atoms with Crippen molar-refractivity contribution in [2.75, 3.05) is 20.3 Å². The Bertz CT molecular complexity index is 1230. The molecule has 40 heavy (non-hydrogen) atoms. The lowest BCUT2D eigenvalue weighted by Gasteiger charge is -2.35. The molecule has 5 N–H and O–H groups in total. The molecule has 1 fully saturated rings. The Morgan fingerprint density at radius 3 is 2.50 bits per heavy atom. The highest BCUT2D eigenvalue weighted by Crippen LogP contribution is 2.24. The largest absolute Gasteiger partial charge is 0.481 e. The molecule has 1 aromatic heterocycles. The van der Waals surface area contributed by atoms with E-state index in [1.807, 2.05) is 37.3 Å². The minimum atomic E-state index is -1.01. The molecule has 0 unspecified atom stereocenters. The van der Waals surface area contributed by atoms with Gasteiger partial charge in [0, 0.05) is 35.7 Å². The number of amides is 1. The number of rotatable bonds is 11. The van der Waals surface area contributed by atoms with E-state index < -0.39 is 36.0 Å². The number of carbonyl (C=O) groups excluding carboxylic acids is 1. The molecule has 0 aliphatic carbocycles. The molecule has 1 amide bonds. The summed E-state index contributed by atoms with van der Waals surface area (Å²) in [5.74, 6) is -1.06. The number of aliphatic hydroxyl groups excluding tert-OH is 2. The quantitative estimate of drug-likeness (QED) is 0.289. The van der Waals surface area contributed by atoms with Gasteiger partial charge in [0.05, 0.1) is 38.6 Å². The van der Waals surface area contributed by atoms with Gasteiger partial charge in [-0.3, -0.25) is 4.79 Å². The lowest BCUT2D eigenvalue weighted by molar-refractivity contribution is -0.131. The maximum Gasteiger partial charge on any atom is 0.223 e. The summed E-state index contributed by atoms with van der Waals surface area (Å²) in [4.78, 5) is 17.6. The molecule has 2 aromatic carbocycles. The minimum Gasteiger partial charge on any atom is -0.481 e. The van der Waals surface area contributed by atoms with Gasteiger partial charge in [0.25, 0.3) is 0 Å². The Hall–Kier alpha value is -3.37. The van der Waals surface area contributed by atoms with Gasteiger partial charge >= 0.3 is 0 Å². The summed E-state index contributed by atoms with van der Waals surface area (Å²) >= 11 is 0. The highest BCUT2D eigenvalue weighted by molar-refractivity contribution is 5.79. The van der Waals surface area contributed by atoms with Crippen LogP contribution in [0.2, 0.25) is 0 Å². The number of carbonyl (C=O) groups is 1. The zero-order valence-corrected chi connectivity index (χ0v) is 22.9. The number of pyridine rings is 1. The summed E-state index contributed by atoms with van der Waals surface area (Å²) in [6.07, 6.45) is 0.428. The van der Waals surface area contributed by atoms with E-state index in [2.05, 4.69) is 10.3 Å². The van der Waals surface area contributed by atoms with Gasteiger partial charge in [-0.15, -0.1) is 0 Å². The molecular weight excluding hydrogens is 513 g/mol. The van der Waals surface area contributed by atoms with Gasteiger partial charge in [-0.1, -0.05) is 49.4 Å². The van der Waals surface area contributed by atoms with E-state index in [1.54, 1.807) is 37.6 Å². The second-order valence-corrected chi connectivity index (χ2v) is 10.6. The van der Waals surface area contributed by atoms with Crippen LogP contribution in [-0.2, 0) is 22.4 Å². The summed E-state index contributed by atoms with van der Waals surface area (Å²) in [5.41, 5.74) is 9.64. The Labute approximate surface area is 234 Å². The number of aliphatic hydroxyl groups is 2. The number of benzene rings is 2. The zero-order valence-electron chi connectivity index (χ0n) is 22.9. The standard InChI is InChI=1S/C31H38FN3O5/c1-19-17-40-18-28(37)30(19)35-31(38)24(14-22-5-3-4-6-25(22)32)15-27(36)26(33)13-20-7-9-21(10-8-20)23-11-12-29(39-2)34-16-23/h3-12,16,19,24,26-28,30,36-37H,13-15,17-18,33H2,1-2H3,(H,35,38)/t19-,24-,26+,27+,28-,30+/m1/s1. The SMILES string of the molecule is COc1ccc(-c2ccc(C[C@H](N)[C@@H](O)C[C@@H](Cc3ccccc3F)C(=O)N[C@H]3[C@H](C)COC[C@H]3O)cc2)cn1. The number of nitrogens with one attached hydrogen (secondary N) is 1. The second-order valence-electron chi connectivity index (χ2n) is 10.6. The van der Waals surface area contributed by atoms with Crippen LogP contribution in [0.4, 0.5) is 4.39 Å². The summed E-state index contributed by atoms with van der Waals surface area (Å²) in [6.45, 7) is 2.44. The Balaban J connectivity index is 1.42. The Kier molecular flexibility index (Phi) is 10.2. The summed E-state index contributed by atoms with van der Waals surface area (Å²) in [6, 6.07) is 16.7. The topological polar surface area (TPSA) is 127 Å². The highest BCUT2D eigenvalue weighted by atomic mass is 19.1. The van der Waals surface area contributed by atoms with Crippen molar-refractivity contribution in [2.24, 2.45) is 17.6 Å². The van der Waals surface area contributed by atoms with Gasteiger partial charge in [0.1, 0.15) is 5.82 Å². The second kappa shape index (κ2) is 13.8. The van der Waals surface area contributed by atoms with Crippen LogP contribution >= 0.6 is 0 Å². The van der Waals surface area contributed by atoms with E-state index in [4.69, 9.17) is 15.2 Å². The van der Waals surface area contributed by atoms with Gasteiger partial charge in [-0.25, -0.2) is 9.37 Å². The normalized spacial score (nSPS) is 21.3. The van der Waals surface area contributed by atoms with Gasteiger partial charge in [-0.2, -0.15) is 0 Å². The van der Waals surface area contributed by atoms with Crippen molar-refractivity contribution in [3.63, 3.8) is 0 Å². The lowest BCUT2D eigenvalue weighted by atomic mass is 9.87. The summed E-state index contributed by atoms with van der Waals surface area (Å²) in [5, 5.41) is 24.3. The molecule has 1 saturated heterocycles. The fourth-order valence-electron chi connectivity index (χ4n) is 5.07. The number of ether oxygens (including phenoxy) is 2. The molecule has 0 radical (unpaired) electrons. The van der Waals surface area contributed by atoms with E-state index in [0.717, 1.165) is 16.7 Å². The van der Waals surface area contributed by atoms with Gasteiger partial charge < -0.3 is 30.7 Å². The average molecular weight is 552 g/mol. The van der Waals surface area contributed by atoms with Crippen molar-refractivity contribution in [3.05, 3.63) is 83.8 Å². The van der Waals surface area contributed by atoms with E-state index in [-0.39, 0.29) is 31.3 Å². The van der Waals surface area contributed by atoms with Crippen molar-refractivity contribution >= 4 is 5.91 Å². The number of aromatic nitrogens is 1. The number of nitrogens with zero attached hydrogens (tertiary/aromatic N) is 1. The third kappa shape index (κ3) is 7.63. The molecule has 3 aromatic rings. The molecule has 1 aliphatic heterocycles. The zero-order chi connectivity index (χ0) is 28.6. The monoisotopic (exact) mass is 551 g/mol. The maximum atomic E-state index is 14.5. The number of halogens is 1. The van der Waals surface area contributed by atoms with Crippen LogP contribution in [0.25, 0.3) is 11.1 Å². The van der Waals surface area contributed by atoms with Gasteiger partial charge in [0.15, 0.2) is 0 Å². The molecular formula is C31H38FN3O5. The van der Waals surface area contributed by atoms with Crippen molar-refractivity contribution < 1.29 is 28.9 Å². The molecule has 0 bridgehead atoms. The van der Waals surface area contributed by atoms with E-state index in [0.29, 0.717) is 24.5 Å². The summed E-state index contributed by atoms with van der Waals surface area (Å²) < 4.78 is 25.0. The van der Waals surface area contributed by atoms with Gasteiger partial charge in [0.2, 0.25) is 11.8 Å².